The Bertz CT molecular complexity index is 2160. The minimum atomic E-state index is -0.511. The van der Waals surface area contributed by atoms with Crippen molar-refractivity contribution in [2.24, 2.45) is 0 Å². The SMILES string of the molecule is [2H]C1(c2ccccc2-c2ccc(N(c3ccc4c(c3)C(C)(C)c3ccccc3-4)c3ccc4c(c3)C(C)(C)c3ccccc3-4)cc2)CCCCC1. The number of fused-ring (bicyclic) bond motifs is 6. The summed E-state index contributed by atoms with van der Waals surface area (Å²) in [5.41, 5.74) is 17.7. The maximum atomic E-state index is 9.46. The molecule has 0 amide bonds. The van der Waals surface area contributed by atoms with E-state index >= 15 is 0 Å². The van der Waals surface area contributed by atoms with E-state index in [0.29, 0.717) is 0 Å². The number of benzene rings is 6. The summed E-state index contributed by atoms with van der Waals surface area (Å²) >= 11 is 0. The Morgan fingerprint density at radius 3 is 1.47 bits per heavy atom. The molecule has 6 aromatic rings. The summed E-state index contributed by atoms with van der Waals surface area (Å²) in [6.07, 6.45) is 5.39. The molecule has 49 heavy (non-hydrogen) atoms. The Morgan fingerprint density at radius 1 is 0.469 bits per heavy atom. The highest BCUT2D eigenvalue weighted by Gasteiger charge is 2.37. The first-order chi connectivity index (χ1) is 24.2. The molecule has 3 aliphatic carbocycles. The van der Waals surface area contributed by atoms with E-state index in [9.17, 15) is 1.37 Å². The van der Waals surface area contributed by atoms with Crippen molar-refractivity contribution in [1.29, 1.82) is 0 Å². The lowest BCUT2D eigenvalue weighted by Gasteiger charge is -2.30. The molecule has 0 aromatic heterocycles. The van der Waals surface area contributed by atoms with Gasteiger partial charge in [-0.2, -0.15) is 0 Å². The van der Waals surface area contributed by atoms with Gasteiger partial charge in [-0.25, -0.2) is 0 Å². The van der Waals surface area contributed by atoms with E-state index < -0.39 is 5.89 Å². The van der Waals surface area contributed by atoms with Crippen molar-refractivity contribution in [3.8, 4) is 33.4 Å². The van der Waals surface area contributed by atoms with Crippen molar-refractivity contribution < 1.29 is 1.37 Å². The first kappa shape index (κ1) is 29.1. The van der Waals surface area contributed by atoms with Crippen LogP contribution in [0.1, 0.15) is 94.9 Å². The van der Waals surface area contributed by atoms with E-state index in [1.165, 1.54) is 79.0 Å². The molecule has 1 fully saturated rings. The molecule has 0 radical (unpaired) electrons. The molecule has 3 aliphatic rings. The van der Waals surface area contributed by atoms with Gasteiger partial charge in [0.15, 0.2) is 0 Å². The van der Waals surface area contributed by atoms with E-state index in [2.05, 4.69) is 166 Å². The van der Waals surface area contributed by atoms with Crippen molar-refractivity contribution in [2.75, 3.05) is 4.90 Å². The molecule has 6 aromatic carbocycles. The zero-order chi connectivity index (χ0) is 34.3. The van der Waals surface area contributed by atoms with Crippen LogP contribution < -0.4 is 4.90 Å². The first-order valence-corrected chi connectivity index (χ1v) is 18.2. The second-order valence-corrected chi connectivity index (χ2v) is 15.4. The Morgan fingerprint density at radius 2 is 0.918 bits per heavy atom. The molecule has 0 aliphatic heterocycles. The molecule has 0 saturated heterocycles. The van der Waals surface area contributed by atoms with Crippen LogP contribution in [0.2, 0.25) is 0 Å². The standard InChI is InChI=1S/C48H45N/c1-47(2)43-20-12-10-18-39(43)41-28-26-35(30-45(41)47)49(36-27-29-42-40-19-11-13-21-44(40)48(3,4)46(42)31-36)34-24-22-33(23-25-34)38-17-9-8-16-37(38)32-14-6-5-7-15-32/h8-13,16-32H,5-7,14-15H2,1-4H3/i32D. The molecule has 1 saturated carbocycles. The number of hydrogen-bond acceptors (Lipinski definition) is 1. The molecule has 0 spiro atoms. The van der Waals surface area contributed by atoms with Crippen LogP contribution in [-0.2, 0) is 10.8 Å². The van der Waals surface area contributed by atoms with Gasteiger partial charge in [0.05, 0.1) is 0 Å². The summed E-state index contributed by atoms with van der Waals surface area (Å²) in [4.78, 5) is 2.45. The fraction of sp³-hybridized carbons (Fsp3) is 0.250. The molecule has 242 valence electrons. The third-order valence-corrected chi connectivity index (χ3v) is 11.9. The summed E-state index contributed by atoms with van der Waals surface area (Å²) in [6, 6.07) is 49.7. The molecule has 0 atom stereocenters. The quantitative estimate of drug-likeness (QED) is 0.182. The van der Waals surface area contributed by atoms with Crippen LogP contribution in [0.25, 0.3) is 33.4 Å². The topological polar surface area (TPSA) is 3.24 Å². The smallest absolute Gasteiger partial charge is 0.0465 e. The molecular formula is C48H45N. The highest BCUT2D eigenvalue weighted by Crippen LogP contribution is 2.53. The van der Waals surface area contributed by atoms with Gasteiger partial charge in [0, 0.05) is 29.3 Å². The van der Waals surface area contributed by atoms with Crippen molar-refractivity contribution in [3.05, 3.63) is 161 Å². The summed E-state index contributed by atoms with van der Waals surface area (Å²) in [6.45, 7) is 9.44. The lowest BCUT2D eigenvalue weighted by molar-refractivity contribution is 0.444. The van der Waals surface area contributed by atoms with Gasteiger partial charge in [0.1, 0.15) is 0 Å². The second-order valence-electron chi connectivity index (χ2n) is 15.4. The van der Waals surface area contributed by atoms with Crippen LogP contribution in [0.5, 0.6) is 0 Å². The summed E-state index contributed by atoms with van der Waals surface area (Å²) in [5.74, 6) is -0.511. The third kappa shape index (κ3) is 4.73. The van der Waals surface area contributed by atoms with Crippen molar-refractivity contribution in [2.45, 2.75) is 76.5 Å². The third-order valence-electron chi connectivity index (χ3n) is 11.9. The Hall–Kier alpha value is -4.88. The van der Waals surface area contributed by atoms with Crippen LogP contribution >= 0.6 is 0 Å². The Balaban J connectivity index is 1.18. The van der Waals surface area contributed by atoms with Gasteiger partial charge in [-0.05, 0) is 116 Å². The number of hydrogen-bond donors (Lipinski definition) is 0. The fourth-order valence-electron chi connectivity index (χ4n) is 9.19. The first-order valence-electron chi connectivity index (χ1n) is 18.7. The zero-order valence-corrected chi connectivity index (χ0v) is 29.2. The molecular weight excluding hydrogens is 591 g/mol. The molecule has 1 nitrogen and oxygen atoms in total. The minimum Gasteiger partial charge on any atom is -0.310 e. The average Bonchev–Trinajstić information content (AvgIpc) is 3.52. The number of rotatable bonds is 5. The predicted octanol–water partition coefficient (Wildman–Crippen LogP) is 13.5. The molecule has 0 unspecified atom stereocenters. The van der Waals surface area contributed by atoms with E-state index in [1.54, 1.807) is 0 Å². The summed E-state index contributed by atoms with van der Waals surface area (Å²) < 4.78 is 9.46. The van der Waals surface area contributed by atoms with Gasteiger partial charge >= 0.3 is 0 Å². The van der Waals surface area contributed by atoms with E-state index in [0.717, 1.165) is 31.4 Å². The predicted molar refractivity (Wildman–Crippen MR) is 208 cm³/mol. The summed E-state index contributed by atoms with van der Waals surface area (Å²) in [5, 5.41) is 0. The van der Waals surface area contributed by atoms with E-state index in [-0.39, 0.29) is 10.8 Å². The zero-order valence-electron chi connectivity index (χ0n) is 30.2. The molecule has 1 heteroatoms. The Kier molecular flexibility index (Phi) is 6.73. The number of anilines is 3. The van der Waals surface area contributed by atoms with Gasteiger partial charge in [-0.15, -0.1) is 0 Å². The lowest BCUT2D eigenvalue weighted by Crippen LogP contribution is -2.18. The normalized spacial score (nSPS) is 17.8. The second kappa shape index (κ2) is 11.3. The van der Waals surface area contributed by atoms with Crippen LogP contribution in [0.3, 0.4) is 0 Å². The van der Waals surface area contributed by atoms with Crippen LogP contribution in [0.4, 0.5) is 17.1 Å². The molecule has 0 bridgehead atoms. The largest absolute Gasteiger partial charge is 0.310 e. The Labute approximate surface area is 293 Å². The highest BCUT2D eigenvalue weighted by atomic mass is 15.1. The summed E-state index contributed by atoms with van der Waals surface area (Å²) in [7, 11) is 0. The molecule has 0 N–H and O–H groups in total. The monoisotopic (exact) mass is 636 g/mol. The highest BCUT2D eigenvalue weighted by molar-refractivity contribution is 5.88. The van der Waals surface area contributed by atoms with Gasteiger partial charge in [0.25, 0.3) is 0 Å². The lowest BCUT2D eigenvalue weighted by atomic mass is 9.81. The van der Waals surface area contributed by atoms with Gasteiger partial charge < -0.3 is 4.90 Å². The molecule has 0 heterocycles. The van der Waals surface area contributed by atoms with Crippen molar-refractivity contribution in [3.63, 3.8) is 0 Å². The maximum Gasteiger partial charge on any atom is 0.0465 e. The van der Waals surface area contributed by atoms with Crippen LogP contribution in [0.15, 0.2) is 133 Å². The number of nitrogens with zero attached hydrogens (tertiary/aromatic N) is 1. The van der Waals surface area contributed by atoms with Crippen molar-refractivity contribution >= 4 is 17.1 Å². The van der Waals surface area contributed by atoms with Gasteiger partial charge in [0.2, 0.25) is 0 Å². The van der Waals surface area contributed by atoms with Gasteiger partial charge in [-0.3, -0.25) is 0 Å². The van der Waals surface area contributed by atoms with E-state index in [1.807, 2.05) is 0 Å². The van der Waals surface area contributed by atoms with Crippen LogP contribution in [-0.4, -0.2) is 0 Å². The maximum absolute atomic E-state index is 9.46. The van der Waals surface area contributed by atoms with Gasteiger partial charge in [-0.1, -0.05) is 144 Å². The van der Waals surface area contributed by atoms with Crippen LogP contribution in [0, 0.1) is 0 Å². The van der Waals surface area contributed by atoms with E-state index in [4.69, 9.17) is 0 Å². The average molecular weight is 637 g/mol. The fourth-order valence-corrected chi connectivity index (χ4v) is 9.19. The van der Waals surface area contributed by atoms with Crippen molar-refractivity contribution in [1.82, 2.24) is 0 Å². The molecule has 9 rings (SSSR count). The minimum absolute atomic E-state index is 0.0892.